The molecule has 2 unspecified atom stereocenters. The molecule has 1 aromatic rings. The van der Waals surface area contributed by atoms with Crippen LogP contribution in [0.5, 0.6) is 0 Å². The molecule has 78 valence electrons. The second-order valence-corrected chi connectivity index (χ2v) is 4.68. The molecule has 1 heterocycles. The Bertz CT molecular complexity index is 302. The predicted molar refractivity (Wildman–Crippen MR) is 57.6 cm³/mol. The van der Waals surface area contributed by atoms with Gasteiger partial charge in [0.15, 0.2) is 5.82 Å². The molecule has 4 nitrogen and oxygen atoms in total. The lowest BCUT2D eigenvalue weighted by Gasteiger charge is -2.16. The van der Waals surface area contributed by atoms with Crippen molar-refractivity contribution in [2.24, 2.45) is 0 Å². The summed E-state index contributed by atoms with van der Waals surface area (Å²) < 4.78 is 5.04. The van der Waals surface area contributed by atoms with Gasteiger partial charge in [-0.05, 0) is 26.0 Å². The van der Waals surface area contributed by atoms with Crippen molar-refractivity contribution in [3.63, 3.8) is 0 Å². The number of hydrogen-bond donors (Lipinski definition) is 1. The molecule has 1 aliphatic rings. The Kier molecular flexibility index (Phi) is 2.96. The molecule has 0 aromatic carbocycles. The van der Waals surface area contributed by atoms with Crippen molar-refractivity contribution < 1.29 is 4.52 Å². The normalized spacial score (nSPS) is 26.7. The third kappa shape index (κ3) is 2.03. The van der Waals surface area contributed by atoms with Gasteiger partial charge in [-0.2, -0.15) is 16.7 Å². The average Bonchev–Trinajstić information content (AvgIpc) is 2.76. The van der Waals surface area contributed by atoms with E-state index in [0.717, 1.165) is 0 Å². The highest BCUT2D eigenvalue weighted by Crippen LogP contribution is 2.30. The Morgan fingerprint density at radius 3 is 3.00 bits per heavy atom. The van der Waals surface area contributed by atoms with Gasteiger partial charge in [-0.3, -0.25) is 0 Å². The van der Waals surface area contributed by atoms with Gasteiger partial charge in [-0.25, -0.2) is 0 Å². The van der Waals surface area contributed by atoms with Crippen LogP contribution in [0.1, 0.15) is 25.1 Å². The molecule has 0 bridgehead atoms. The summed E-state index contributed by atoms with van der Waals surface area (Å²) in [5.74, 6) is 0.686. The first-order valence-corrected chi connectivity index (χ1v) is 6.18. The van der Waals surface area contributed by atoms with E-state index in [2.05, 4.69) is 21.7 Å². The quantitative estimate of drug-likeness (QED) is 0.833. The van der Waals surface area contributed by atoms with Gasteiger partial charge in [0, 0.05) is 11.3 Å². The molecule has 1 aromatic heterocycles. The van der Waals surface area contributed by atoms with Crippen LogP contribution in [0.2, 0.25) is 0 Å². The lowest BCUT2D eigenvalue weighted by molar-refractivity contribution is 0.421. The molecule has 0 amide bonds. The zero-order valence-electron chi connectivity index (χ0n) is 8.49. The Balaban J connectivity index is 1.96. The maximum Gasteiger partial charge on any atom is 0.321 e. The van der Waals surface area contributed by atoms with Crippen LogP contribution in [0.3, 0.4) is 0 Å². The summed E-state index contributed by atoms with van der Waals surface area (Å²) in [5, 5.41) is 7.74. The molecule has 2 atom stereocenters. The van der Waals surface area contributed by atoms with Crippen LogP contribution in [0, 0.1) is 6.92 Å². The molecule has 0 saturated heterocycles. The van der Waals surface area contributed by atoms with Gasteiger partial charge in [-0.15, -0.1) is 0 Å². The van der Waals surface area contributed by atoms with E-state index in [4.69, 9.17) is 4.52 Å². The van der Waals surface area contributed by atoms with Crippen LogP contribution in [0.4, 0.5) is 6.01 Å². The first-order valence-electron chi connectivity index (χ1n) is 4.89. The largest absolute Gasteiger partial charge is 0.334 e. The van der Waals surface area contributed by atoms with Gasteiger partial charge < -0.3 is 9.84 Å². The van der Waals surface area contributed by atoms with Gasteiger partial charge in [0.1, 0.15) is 0 Å². The second-order valence-electron chi connectivity index (χ2n) is 3.60. The lowest BCUT2D eigenvalue weighted by atomic mass is 10.2. The van der Waals surface area contributed by atoms with E-state index in [9.17, 15) is 0 Å². The van der Waals surface area contributed by atoms with E-state index < -0.39 is 0 Å². The fraction of sp³-hybridized carbons (Fsp3) is 0.778. The molecule has 5 heteroatoms. The first-order chi connectivity index (χ1) is 6.79. The number of hydrogen-bond acceptors (Lipinski definition) is 5. The summed E-state index contributed by atoms with van der Waals surface area (Å²) in [7, 11) is 0. The monoisotopic (exact) mass is 213 g/mol. The Morgan fingerprint density at radius 2 is 2.36 bits per heavy atom. The number of aryl methyl sites for hydroxylation is 1. The van der Waals surface area contributed by atoms with Crippen LogP contribution < -0.4 is 5.32 Å². The van der Waals surface area contributed by atoms with E-state index >= 15 is 0 Å². The van der Waals surface area contributed by atoms with Crippen LogP contribution in [-0.2, 0) is 0 Å². The molecule has 0 radical (unpaired) electrons. The molecule has 2 rings (SSSR count). The number of anilines is 1. The molecule has 1 fully saturated rings. The highest BCUT2D eigenvalue weighted by molar-refractivity contribution is 7.99. The highest BCUT2D eigenvalue weighted by Gasteiger charge is 2.27. The smallest absolute Gasteiger partial charge is 0.321 e. The molecule has 1 aliphatic carbocycles. The zero-order chi connectivity index (χ0) is 9.97. The summed E-state index contributed by atoms with van der Waals surface area (Å²) in [4.78, 5) is 4.14. The van der Waals surface area contributed by atoms with Gasteiger partial charge in [0.05, 0.1) is 0 Å². The van der Waals surface area contributed by atoms with E-state index in [1.165, 1.54) is 19.3 Å². The number of aromatic nitrogens is 2. The molecule has 14 heavy (non-hydrogen) atoms. The topological polar surface area (TPSA) is 51.0 Å². The van der Waals surface area contributed by atoms with Gasteiger partial charge >= 0.3 is 6.01 Å². The molecular formula is C9H15N3OS. The second kappa shape index (κ2) is 4.21. The minimum absolute atomic E-state index is 0.491. The molecule has 0 spiro atoms. The van der Waals surface area contributed by atoms with Crippen LogP contribution in [-0.4, -0.2) is 27.7 Å². The van der Waals surface area contributed by atoms with Gasteiger partial charge in [0.25, 0.3) is 0 Å². The molecule has 0 aliphatic heterocycles. The fourth-order valence-corrected chi connectivity index (χ4v) is 2.82. The van der Waals surface area contributed by atoms with Crippen molar-refractivity contribution >= 4 is 17.8 Å². The van der Waals surface area contributed by atoms with Crippen molar-refractivity contribution in [2.75, 3.05) is 11.6 Å². The Morgan fingerprint density at radius 1 is 1.50 bits per heavy atom. The maximum atomic E-state index is 5.04. The Labute approximate surface area is 87.8 Å². The standard InChI is InChI=1S/C9H15N3OS/c1-6-10-9(13-12-6)11-7-4-3-5-8(7)14-2/h7-8H,3-5H2,1-2H3,(H,10,11,12). The zero-order valence-corrected chi connectivity index (χ0v) is 9.30. The van der Waals surface area contributed by atoms with Crippen LogP contribution >= 0.6 is 11.8 Å². The minimum Gasteiger partial charge on any atom is -0.334 e. The fourth-order valence-electron chi connectivity index (χ4n) is 1.89. The Hall–Kier alpha value is -0.710. The molecular weight excluding hydrogens is 198 g/mol. The van der Waals surface area contributed by atoms with Crippen molar-refractivity contribution in [3.05, 3.63) is 5.82 Å². The van der Waals surface area contributed by atoms with Crippen LogP contribution in [0.25, 0.3) is 0 Å². The van der Waals surface area contributed by atoms with E-state index in [-0.39, 0.29) is 0 Å². The van der Waals surface area contributed by atoms with Crippen molar-refractivity contribution in [3.8, 4) is 0 Å². The maximum absolute atomic E-state index is 5.04. The van der Waals surface area contributed by atoms with Crippen molar-refractivity contribution in [2.45, 2.75) is 37.5 Å². The van der Waals surface area contributed by atoms with E-state index in [1.807, 2.05) is 18.7 Å². The summed E-state index contributed by atoms with van der Waals surface area (Å²) in [5.41, 5.74) is 0. The highest BCUT2D eigenvalue weighted by atomic mass is 32.2. The van der Waals surface area contributed by atoms with Crippen molar-refractivity contribution in [1.82, 2.24) is 10.1 Å². The summed E-state index contributed by atoms with van der Waals surface area (Å²) in [6, 6.07) is 1.05. The van der Waals surface area contributed by atoms with Crippen molar-refractivity contribution in [1.29, 1.82) is 0 Å². The molecule has 1 saturated carbocycles. The average molecular weight is 213 g/mol. The third-order valence-electron chi connectivity index (χ3n) is 2.59. The SMILES string of the molecule is CSC1CCCC1Nc1nc(C)no1. The van der Waals surface area contributed by atoms with Gasteiger partial charge in [0.2, 0.25) is 0 Å². The number of nitrogens with zero attached hydrogens (tertiary/aromatic N) is 2. The predicted octanol–water partition coefficient (Wildman–Crippen LogP) is 2.07. The molecule has 1 N–H and O–H groups in total. The number of nitrogens with one attached hydrogen (secondary N) is 1. The van der Waals surface area contributed by atoms with Gasteiger partial charge in [-0.1, -0.05) is 11.6 Å². The lowest BCUT2D eigenvalue weighted by Crippen LogP contribution is -2.25. The summed E-state index contributed by atoms with van der Waals surface area (Å²) in [6.07, 6.45) is 5.93. The summed E-state index contributed by atoms with van der Waals surface area (Å²) >= 11 is 1.91. The minimum atomic E-state index is 0.491. The first kappa shape index (κ1) is 9.83. The van der Waals surface area contributed by atoms with Crippen LogP contribution in [0.15, 0.2) is 4.52 Å². The van der Waals surface area contributed by atoms with E-state index in [0.29, 0.717) is 23.1 Å². The third-order valence-corrected chi connectivity index (χ3v) is 3.76. The summed E-state index contributed by atoms with van der Waals surface area (Å²) in [6.45, 7) is 1.83. The number of rotatable bonds is 3. The van der Waals surface area contributed by atoms with E-state index in [1.54, 1.807) is 0 Å². The number of thioether (sulfide) groups is 1.